The highest BCUT2D eigenvalue weighted by Gasteiger charge is 2.74. The van der Waals surface area contributed by atoms with Gasteiger partial charge in [-0.25, -0.2) is 0 Å². The Morgan fingerprint density at radius 1 is 0.521 bits per heavy atom. The first-order chi connectivity index (χ1) is 23.5. The Kier molecular flexibility index (Phi) is 9.60. The van der Waals surface area contributed by atoms with Crippen molar-refractivity contribution in [3.05, 3.63) is 152 Å². The molecular formula is C43H50O2Si3. The Bertz CT molecular complexity index is 1570. The van der Waals surface area contributed by atoms with Crippen molar-refractivity contribution in [2.24, 2.45) is 0 Å². The largest absolute Gasteiger partial charge is 0.407 e. The summed E-state index contributed by atoms with van der Waals surface area (Å²) in [5.74, 6) is 0. The van der Waals surface area contributed by atoms with Crippen LogP contribution < -0.4 is 25.9 Å². The average molecular weight is 683 g/mol. The summed E-state index contributed by atoms with van der Waals surface area (Å²) in [6, 6.07) is 57.0. The fraction of sp³-hybridized carbons (Fsp3) is 0.302. The van der Waals surface area contributed by atoms with Crippen LogP contribution in [0.2, 0.25) is 29.2 Å². The maximum atomic E-state index is 7.83. The van der Waals surface area contributed by atoms with Crippen LogP contribution in [0.3, 0.4) is 0 Å². The summed E-state index contributed by atoms with van der Waals surface area (Å²) in [6.07, 6.45) is 6.25. The number of hydrogen-bond donors (Lipinski definition) is 0. The zero-order valence-electron chi connectivity index (χ0n) is 28.9. The molecule has 0 aromatic heterocycles. The summed E-state index contributed by atoms with van der Waals surface area (Å²) < 4.78 is 15.7. The van der Waals surface area contributed by atoms with Crippen molar-refractivity contribution < 1.29 is 8.85 Å². The van der Waals surface area contributed by atoms with Gasteiger partial charge in [0, 0.05) is 24.3 Å². The van der Waals surface area contributed by atoms with Crippen molar-refractivity contribution in [3.63, 3.8) is 0 Å². The Morgan fingerprint density at radius 2 is 0.875 bits per heavy atom. The van der Waals surface area contributed by atoms with Crippen LogP contribution in [0.5, 0.6) is 0 Å². The highest BCUT2D eigenvalue weighted by molar-refractivity contribution is 7.06. The molecule has 5 heteroatoms. The lowest BCUT2D eigenvalue weighted by atomic mass is 9.91. The van der Waals surface area contributed by atoms with Crippen LogP contribution in [0.15, 0.2) is 152 Å². The maximum Gasteiger partial charge on any atom is 0.261 e. The van der Waals surface area contributed by atoms with E-state index in [1.807, 2.05) is 0 Å². The van der Waals surface area contributed by atoms with Crippen LogP contribution in [0, 0.1) is 0 Å². The smallest absolute Gasteiger partial charge is 0.261 e. The third-order valence-corrected chi connectivity index (χ3v) is 27.1. The predicted octanol–water partition coefficient (Wildman–Crippen LogP) is 7.63. The van der Waals surface area contributed by atoms with Gasteiger partial charge in [-0.05, 0) is 32.2 Å². The second kappa shape index (κ2) is 13.9. The SMILES string of the molecule is CCCCCCC1([Si](C)(C)c2ccccc2)C2CO[Si](c3ccccc3)(c3ccccc3)C1CO[Si]2(c1ccccc1)c1ccccc1. The molecule has 0 spiro atoms. The minimum atomic E-state index is -2.83. The van der Waals surface area contributed by atoms with Crippen LogP contribution in [-0.4, -0.2) is 37.9 Å². The predicted molar refractivity (Wildman–Crippen MR) is 210 cm³/mol. The Labute approximate surface area is 291 Å². The van der Waals surface area contributed by atoms with Crippen LogP contribution >= 0.6 is 0 Å². The fourth-order valence-electron chi connectivity index (χ4n) is 9.85. The lowest BCUT2D eigenvalue weighted by Gasteiger charge is -2.68. The van der Waals surface area contributed by atoms with Gasteiger partial charge in [-0.2, -0.15) is 0 Å². The van der Waals surface area contributed by atoms with Crippen molar-refractivity contribution in [3.8, 4) is 0 Å². The molecule has 246 valence electrons. The van der Waals surface area contributed by atoms with E-state index in [0.29, 0.717) is 0 Å². The average Bonchev–Trinajstić information content (AvgIpc) is 3.15. The monoisotopic (exact) mass is 682 g/mol. The number of unbranched alkanes of at least 4 members (excludes halogenated alkanes) is 3. The van der Waals surface area contributed by atoms with Gasteiger partial charge in [0.2, 0.25) is 0 Å². The quantitative estimate of drug-likeness (QED) is 0.105. The molecular weight excluding hydrogens is 633 g/mol. The highest BCUT2D eigenvalue weighted by atomic mass is 28.4. The molecule has 2 heterocycles. The van der Waals surface area contributed by atoms with E-state index in [1.165, 1.54) is 52.9 Å². The molecule has 2 nitrogen and oxygen atoms in total. The number of rotatable bonds is 11. The molecule has 5 aromatic rings. The number of benzene rings is 5. The lowest BCUT2D eigenvalue weighted by Crippen LogP contribution is -2.82. The van der Waals surface area contributed by atoms with E-state index in [0.717, 1.165) is 13.2 Å². The first kappa shape index (κ1) is 33.2. The molecule has 7 rings (SSSR count). The maximum absolute atomic E-state index is 7.83. The fourth-order valence-corrected chi connectivity index (χ4v) is 27.7. The standard InChI is InChI=1S/C43H50O2Si3/c1-4-5-6-22-33-43(46(2,3)36-23-12-7-13-24-36)41-34-45-48(39-29-18-10-19-30-39,40-31-20-11-21-32-40)42(43)35-44-47(41,37-25-14-8-15-26-37)38-27-16-9-17-28-38/h7-21,23-32,41-42H,4-6,22,33-35H2,1-3H3. The topological polar surface area (TPSA) is 18.5 Å². The second-order valence-corrected chi connectivity index (χ2v) is 26.5. The van der Waals surface area contributed by atoms with E-state index < -0.39 is 24.7 Å². The molecule has 0 radical (unpaired) electrons. The Balaban J connectivity index is 1.57. The van der Waals surface area contributed by atoms with E-state index in [4.69, 9.17) is 8.85 Å². The zero-order valence-corrected chi connectivity index (χ0v) is 31.9. The van der Waals surface area contributed by atoms with E-state index in [2.05, 4.69) is 172 Å². The molecule has 2 aliphatic rings. The Morgan fingerprint density at radius 3 is 1.23 bits per heavy atom. The van der Waals surface area contributed by atoms with Gasteiger partial charge in [-0.1, -0.05) is 203 Å². The van der Waals surface area contributed by atoms with Crippen LogP contribution in [0.4, 0.5) is 0 Å². The minimum Gasteiger partial charge on any atom is -0.407 e. The molecule has 0 amide bonds. The molecule has 0 aliphatic carbocycles. The molecule has 0 N–H and O–H groups in total. The summed E-state index contributed by atoms with van der Waals surface area (Å²) in [7, 11) is -7.95. The van der Waals surface area contributed by atoms with Crippen molar-refractivity contribution in [2.45, 2.75) is 68.2 Å². The van der Waals surface area contributed by atoms with Crippen molar-refractivity contribution in [2.75, 3.05) is 13.2 Å². The van der Waals surface area contributed by atoms with E-state index in [9.17, 15) is 0 Å². The second-order valence-electron chi connectivity index (χ2n) is 14.5. The van der Waals surface area contributed by atoms with E-state index >= 15 is 0 Å². The summed E-state index contributed by atoms with van der Waals surface area (Å²) in [4.78, 5) is 0. The highest BCUT2D eigenvalue weighted by Crippen LogP contribution is 2.70. The third-order valence-electron chi connectivity index (χ3n) is 12.1. The Hall–Kier alpha value is -3.33. The van der Waals surface area contributed by atoms with E-state index in [1.54, 1.807) is 5.19 Å². The normalized spacial score (nSPS) is 23.0. The van der Waals surface area contributed by atoms with Gasteiger partial charge < -0.3 is 8.85 Å². The molecule has 2 aliphatic heterocycles. The summed E-state index contributed by atoms with van der Waals surface area (Å²) in [6.45, 7) is 9.20. The molecule has 48 heavy (non-hydrogen) atoms. The van der Waals surface area contributed by atoms with Crippen LogP contribution in [0.1, 0.15) is 39.0 Å². The van der Waals surface area contributed by atoms with Gasteiger partial charge in [0.05, 0.1) is 8.07 Å². The van der Waals surface area contributed by atoms with Crippen molar-refractivity contribution in [1.82, 2.24) is 0 Å². The van der Waals surface area contributed by atoms with E-state index in [-0.39, 0.29) is 16.1 Å². The lowest BCUT2D eigenvalue weighted by molar-refractivity contribution is 0.127. The molecule has 2 atom stereocenters. The van der Waals surface area contributed by atoms with Crippen LogP contribution in [-0.2, 0) is 8.85 Å². The van der Waals surface area contributed by atoms with Crippen molar-refractivity contribution in [1.29, 1.82) is 0 Å². The number of hydrogen-bond acceptors (Lipinski definition) is 2. The van der Waals surface area contributed by atoms with Gasteiger partial charge in [0.25, 0.3) is 16.6 Å². The molecule has 2 saturated heterocycles. The first-order valence-electron chi connectivity index (χ1n) is 18.1. The van der Waals surface area contributed by atoms with Gasteiger partial charge in [0.1, 0.15) is 0 Å². The molecule has 2 fully saturated rings. The van der Waals surface area contributed by atoms with Crippen molar-refractivity contribution >= 4 is 50.6 Å². The van der Waals surface area contributed by atoms with Gasteiger partial charge in [0.15, 0.2) is 0 Å². The molecule has 2 unspecified atom stereocenters. The summed E-state index contributed by atoms with van der Waals surface area (Å²) >= 11 is 0. The molecule has 2 bridgehead atoms. The summed E-state index contributed by atoms with van der Waals surface area (Å²) in [5, 5.41) is 7.13. The third kappa shape index (κ3) is 5.26. The molecule has 0 saturated carbocycles. The number of fused-ring (bicyclic) bond motifs is 2. The molecule has 5 aromatic carbocycles. The first-order valence-corrected chi connectivity index (χ1v) is 25.0. The van der Waals surface area contributed by atoms with Gasteiger partial charge >= 0.3 is 0 Å². The van der Waals surface area contributed by atoms with Crippen LogP contribution in [0.25, 0.3) is 0 Å². The minimum absolute atomic E-state index is 0.0361. The van der Waals surface area contributed by atoms with Gasteiger partial charge in [-0.15, -0.1) is 0 Å². The van der Waals surface area contributed by atoms with Gasteiger partial charge in [-0.3, -0.25) is 0 Å². The zero-order chi connectivity index (χ0) is 33.1. The summed E-state index contributed by atoms with van der Waals surface area (Å²) in [5.41, 5.74) is 0.537.